The molecule has 0 atom stereocenters. The Balaban J connectivity index is 0.000000327. The van der Waals surface area contributed by atoms with Gasteiger partial charge in [-0.2, -0.15) is 8.42 Å². The van der Waals surface area contributed by atoms with Crippen LogP contribution < -0.4 is 5.73 Å². The van der Waals surface area contributed by atoms with Crippen molar-refractivity contribution in [3.05, 3.63) is 29.8 Å². The van der Waals surface area contributed by atoms with Crippen molar-refractivity contribution in [2.24, 2.45) is 0 Å². The fraction of sp³-hybridized carbons (Fsp3) is 0.455. The zero-order valence-corrected chi connectivity index (χ0v) is 12.7. The Bertz CT molecular complexity index is 449. The minimum absolute atomic E-state index is 0.829. The molecule has 0 heterocycles. The highest BCUT2D eigenvalue weighted by Crippen LogP contribution is 2.26. The number of hydrogen-bond donors (Lipinski definition) is 2. The summed E-state index contributed by atoms with van der Waals surface area (Å²) in [6.07, 6.45) is 0. The van der Waals surface area contributed by atoms with Gasteiger partial charge in [-0.05, 0) is 32.9 Å². The average molecular weight is 314 g/mol. The fourth-order valence-electron chi connectivity index (χ4n) is 0.679. The molecule has 0 spiro atoms. The lowest BCUT2D eigenvalue weighted by molar-refractivity contribution is 0.447. The number of nitrogens with two attached hydrogens (primary N) is 1. The zero-order valence-electron chi connectivity index (χ0n) is 10.4. The van der Waals surface area contributed by atoms with E-state index in [1.807, 2.05) is 31.2 Å². The van der Waals surface area contributed by atoms with Crippen molar-refractivity contribution in [3.8, 4) is 0 Å². The standard InChI is InChI=1S/C7H9N.C4H8Cl2O3S/c1-6-2-4-7(8)5-3-6;1-4(2,3(5)6)10(7,8)9/h2-5H,8H2,1H3;3H,1-2H3,(H,7,8,9). The van der Waals surface area contributed by atoms with E-state index < -0.39 is 19.7 Å². The van der Waals surface area contributed by atoms with Gasteiger partial charge >= 0.3 is 0 Å². The van der Waals surface area contributed by atoms with Crippen LogP contribution in [0.15, 0.2) is 24.3 Å². The molecule has 18 heavy (non-hydrogen) atoms. The highest BCUT2D eigenvalue weighted by molar-refractivity contribution is 7.87. The summed E-state index contributed by atoms with van der Waals surface area (Å²) in [4.78, 5) is -1.14. The van der Waals surface area contributed by atoms with Gasteiger partial charge in [-0.15, -0.1) is 23.2 Å². The number of benzene rings is 1. The molecule has 0 radical (unpaired) electrons. The molecule has 0 aliphatic heterocycles. The molecule has 7 heteroatoms. The van der Waals surface area contributed by atoms with Crippen molar-refractivity contribution in [2.45, 2.75) is 30.4 Å². The summed E-state index contributed by atoms with van der Waals surface area (Å²) in [5.41, 5.74) is 7.51. The maximum absolute atomic E-state index is 10.5. The van der Waals surface area contributed by atoms with Gasteiger partial charge in [-0.25, -0.2) is 0 Å². The quantitative estimate of drug-likeness (QED) is 0.499. The molecule has 0 unspecified atom stereocenters. The molecule has 1 rings (SSSR count). The molecule has 3 N–H and O–H groups in total. The first-order valence-corrected chi connectivity index (χ1v) is 7.37. The van der Waals surface area contributed by atoms with Gasteiger partial charge in [0.25, 0.3) is 10.1 Å². The minimum atomic E-state index is -4.17. The van der Waals surface area contributed by atoms with Crippen LogP contribution in [0.5, 0.6) is 0 Å². The lowest BCUT2D eigenvalue weighted by Gasteiger charge is -2.21. The van der Waals surface area contributed by atoms with Gasteiger partial charge in [-0.3, -0.25) is 4.55 Å². The normalized spacial score (nSPS) is 11.9. The Labute approximate surface area is 118 Å². The Kier molecular flexibility index (Phi) is 6.43. The predicted octanol–water partition coefficient (Wildman–Crippen LogP) is 3.03. The lowest BCUT2D eigenvalue weighted by atomic mass is 10.2. The van der Waals surface area contributed by atoms with E-state index in [9.17, 15) is 8.42 Å². The number of nitrogen functional groups attached to an aromatic ring is 1. The minimum Gasteiger partial charge on any atom is -0.399 e. The zero-order chi connectivity index (χ0) is 14.6. The third-order valence-corrected chi connectivity index (χ3v) is 5.18. The highest BCUT2D eigenvalue weighted by atomic mass is 35.5. The maximum atomic E-state index is 10.5. The molecule has 0 bridgehead atoms. The second-order valence-electron chi connectivity index (χ2n) is 4.29. The first-order chi connectivity index (χ1) is 7.98. The molecule has 1 aromatic rings. The molecule has 0 aliphatic rings. The Hall–Kier alpha value is -0.490. The second kappa shape index (κ2) is 6.61. The van der Waals surface area contributed by atoms with Crippen LogP contribution in [0.2, 0.25) is 0 Å². The van der Waals surface area contributed by atoms with Crippen LogP contribution in [-0.4, -0.2) is 22.6 Å². The fourth-order valence-corrected chi connectivity index (χ4v) is 1.58. The van der Waals surface area contributed by atoms with Gasteiger partial charge < -0.3 is 5.73 Å². The molecule has 0 saturated carbocycles. The molecular formula is C11H17Cl2NO3S. The van der Waals surface area contributed by atoms with Crippen molar-refractivity contribution in [1.82, 2.24) is 0 Å². The van der Waals surface area contributed by atoms with E-state index in [1.54, 1.807) is 0 Å². The van der Waals surface area contributed by atoms with Crippen LogP contribution in [0.4, 0.5) is 5.69 Å². The van der Waals surface area contributed by atoms with E-state index in [2.05, 4.69) is 0 Å². The van der Waals surface area contributed by atoms with E-state index in [4.69, 9.17) is 33.5 Å². The molecule has 1 aromatic carbocycles. The van der Waals surface area contributed by atoms with Crippen LogP contribution in [0, 0.1) is 6.92 Å². The smallest absolute Gasteiger partial charge is 0.272 e. The average Bonchev–Trinajstić information content (AvgIpc) is 2.21. The lowest BCUT2D eigenvalue weighted by Crippen LogP contribution is -2.37. The van der Waals surface area contributed by atoms with Crippen molar-refractivity contribution in [3.63, 3.8) is 0 Å². The molecule has 4 nitrogen and oxygen atoms in total. The van der Waals surface area contributed by atoms with E-state index >= 15 is 0 Å². The van der Waals surface area contributed by atoms with Gasteiger partial charge in [0, 0.05) is 5.69 Å². The molecule has 0 aliphatic carbocycles. The summed E-state index contributed by atoms with van der Waals surface area (Å²) in [6, 6.07) is 7.79. The summed E-state index contributed by atoms with van der Waals surface area (Å²) in [5, 5.41) is 0. The summed E-state index contributed by atoms with van der Waals surface area (Å²) in [6.45, 7) is 4.53. The van der Waals surface area contributed by atoms with Crippen molar-refractivity contribution < 1.29 is 13.0 Å². The summed E-state index contributed by atoms with van der Waals surface area (Å²) in [5.74, 6) is 0. The third-order valence-electron chi connectivity index (χ3n) is 2.27. The number of anilines is 1. The second-order valence-corrected chi connectivity index (χ2v) is 7.39. The first-order valence-electron chi connectivity index (χ1n) is 5.06. The number of aryl methyl sites for hydroxylation is 1. The Morgan fingerprint density at radius 3 is 1.78 bits per heavy atom. The van der Waals surface area contributed by atoms with Crippen molar-refractivity contribution >= 4 is 39.0 Å². The topological polar surface area (TPSA) is 80.4 Å². The van der Waals surface area contributed by atoms with Gasteiger partial charge in [0.15, 0.2) is 0 Å². The van der Waals surface area contributed by atoms with E-state index in [1.165, 1.54) is 19.4 Å². The van der Waals surface area contributed by atoms with E-state index in [-0.39, 0.29) is 0 Å². The number of hydrogen-bond acceptors (Lipinski definition) is 3. The summed E-state index contributed by atoms with van der Waals surface area (Å²) in [7, 11) is -4.17. The molecule has 0 aromatic heterocycles. The van der Waals surface area contributed by atoms with Crippen LogP contribution in [-0.2, 0) is 10.1 Å². The third kappa shape index (κ3) is 5.44. The molecule has 0 saturated heterocycles. The number of rotatable bonds is 2. The van der Waals surface area contributed by atoms with Gasteiger partial charge in [0.1, 0.15) is 9.58 Å². The summed E-state index contributed by atoms with van der Waals surface area (Å²) >= 11 is 10.6. The van der Waals surface area contributed by atoms with Gasteiger partial charge in [0.2, 0.25) is 0 Å². The largest absolute Gasteiger partial charge is 0.399 e. The van der Waals surface area contributed by atoms with Crippen LogP contribution in [0.1, 0.15) is 19.4 Å². The van der Waals surface area contributed by atoms with Crippen LogP contribution in [0.3, 0.4) is 0 Å². The highest BCUT2D eigenvalue weighted by Gasteiger charge is 2.39. The van der Waals surface area contributed by atoms with Crippen LogP contribution >= 0.6 is 23.2 Å². The molecule has 104 valence electrons. The number of halogens is 2. The van der Waals surface area contributed by atoms with Crippen LogP contribution in [0.25, 0.3) is 0 Å². The van der Waals surface area contributed by atoms with Gasteiger partial charge in [-0.1, -0.05) is 17.7 Å². The first kappa shape index (κ1) is 17.5. The Morgan fingerprint density at radius 2 is 1.61 bits per heavy atom. The SMILES string of the molecule is CC(C)(C(Cl)Cl)S(=O)(=O)O.Cc1ccc(N)cc1. The monoisotopic (exact) mass is 313 g/mol. The number of alkyl halides is 2. The molecule has 0 fully saturated rings. The molecule has 0 amide bonds. The van der Waals surface area contributed by atoms with Crippen molar-refractivity contribution in [2.75, 3.05) is 5.73 Å². The maximum Gasteiger partial charge on any atom is 0.272 e. The predicted molar refractivity (Wildman–Crippen MR) is 76.7 cm³/mol. The Morgan fingerprint density at radius 1 is 1.22 bits per heavy atom. The molecular weight excluding hydrogens is 297 g/mol. The van der Waals surface area contributed by atoms with E-state index in [0.29, 0.717) is 0 Å². The van der Waals surface area contributed by atoms with Crippen molar-refractivity contribution in [1.29, 1.82) is 0 Å². The van der Waals surface area contributed by atoms with E-state index in [0.717, 1.165) is 5.69 Å². The van der Waals surface area contributed by atoms with Gasteiger partial charge in [0.05, 0.1) is 0 Å². The summed E-state index contributed by atoms with van der Waals surface area (Å²) < 4.78 is 28.0.